The number of hydrogen-bond acceptors (Lipinski definition) is 3. The molecule has 1 aliphatic carbocycles. The van der Waals surface area contributed by atoms with Crippen LogP contribution in [0.2, 0.25) is 0 Å². The zero-order valence-electron chi connectivity index (χ0n) is 13.3. The molecule has 0 bridgehead atoms. The van der Waals surface area contributed by atoms with Crippen molar-refractivity contribution in [3.05, 3.63) is 54.4 Å². The van der Waals surface area contributed by atoms with Crippen molar-refractivity contribution in [2.45, 2.75) is 44.2 Å². The summed E-state index contributed by atoms with van der Waals surface area (Å²) in [5.41, 5.74) is 2.00. The van der Waals surface area contributed by atoms with E-state index in [4.69, 9.17) is 0 Å². The molecule has 1 amide bonds. The molecule has 0 radical (unpaired) electrons. The van der Waals surface area contributed by atoms with Crippen molar-refractivity contribution in [2.75, 3.05) is 0 Å². The van der Waals surface area contributed by atoms with Gasteiger partial charge in [-0.05, 0) is 55.4 Å². The molecule has 1 unspecified atom stereocenters. The Morgan fingerprint density at radius 2 is 1.87 bits per heavy atom. The Balaban J connectivity index is 1.68. The zero-order chi connectivity index (χ0) is 16.3. The zero-order valence-corrected chi connectivity index (χ0v) is 13.3. The predicted octanol–water partition coefficient (Wildman–Crippen LogP) is 3.23. The molecule has 1 aromatic carbocycles. The minimum atomic E-state index is -1.18. The van der Waals surface area contributed by atoms with Crippen molar-refractivity contribution in [3.63, 3.8) is 0 Å². The van der Waals surface area contributed by atoms with Crippen LogP contribution < -0.4 is 5.32 Å². The van der Waals surface area contributed by atoms with Crippen LogP contribution in [0, 0.1) is 0 Å². The number of nitrogens with one attached hydrogen (secondary N) is 1. The van der Waals surface area contributed by atoms with Crippen LogP contribution in [0.3, 0.4) is 0 Å². The van der Waals surface area contributed by atoms with Crippen LogP contribution in [0.5, 0.6) is 0 Å². The number of benzene rings is 1. The van der Waals surface area contributed by atoms with Crippen molar-refractivity contribution >= 4 is 5.91 Å². The fourth-order valence-electron chi connectivity index (χ4n) is 3.10. The molecule has 120 valence electrons. The first kappa shape index (κ1) is 15.7. The molecule has 1 aromatic heterocycles. The molecule has 4 heteroatoms. The van der Waals surface area contributed by atoms with E-state index in [2.05, 4.69) is 10.3 Å². The lowest BCUT2D eigenvalue weighted by Gasteiger charge is -2.24. The molecule has 1 fully saturated rings. The highest BCUT2D eigenvalue weighted by atomic mass is 16.3. The molecule has 2 aromatic rings. The van der Waals surface area contributed by atoms with Gasteiger partial charge in [-0.2, -0.15) is 0 Å². The summed E-state index contributed by atoms with van der Waals surface area (Å²) in [6.07, 6.45) is 6.53. The Kier molecular flexibility index (Phi) is 4.44. The van der Waals surface area contributed by atoms with Crippen molar-refractivity contribution in [3.8, 4) is 11.1 Å². The van der Waals surface area contributed by atoms with E-state index >= 15 is 0 Å². The lowest BCUT2D eigenvalue weighted by atomic mass is 9.99. The van der Waals surface area contributed by atoms with Gasteiger partial charge in [0.25, 0.3) is 5.91 Å². The first-order valence-corrected chi connectivity index (χ1v) is 8.12. The van der Waals surface area contributed by atoms with Crippen molar-refractivity contribution in [1.29, 1.82) is 0 Å². The Morgan fingerprint density at radius 3 is 2.48 bits per heavy atom. The van der Waals surface area contributed by atoms with Gasteiger partial charge in [-0.15, -0.1) is 0 Å². The average molecular weight is 310 g/mol. The summed E-state index contributed by atoms with van der Waals surface area (Å²) in [7, 11) is 0. The van der Waals surface area contributed by atoms with E-state index in [1.807, 2.05) is 49.5 Å². The molecule has 0 saturated heterocycles. The molecule has 1 aliphatic rings. The summed E-state index contributed by atoms with van der Waals surface area (Å²) in [4.78, 5) is 16.4. The number of pyridine rings is 1. The van der Waals surface area contributed by atoms with Crippen LogP contribution >= 0.6 is 0 Å². The normalized spacial score (nSPS) is 17.7. The van der Waals surface area contributed by atoms with Gasteiger partial charge in [-0.3, -0.25) is 9.78 Å². The third-order valence-corrected chi connectivity index (χ3v) is 4.61. The Labute approximate surface area is 136 Å². The summed E-state index contributed by atoms with van der Waals surface area (Å²) in [6, 6.07) is 11.9. The maximum absolute atomic E-state index is 12.3. The van der Waals surface area contributed by atoms with Gasteiger partial charge in [0.1, 0.15) is 5.60 Å². The maximum Gasteiger partial charge on any atom is 0.252 e. The fourth-order valence-corrected chi connectivity index (χ4v) is 3.10. The first-order chi connectivity index (χ1) is 11.1. The van der Waals surface area contributed by atoms with Gasteiger partial charge in [0.05, 0.1) is 6.04 Å². The molecule has 0 spiro atoms. The number of carbonyl (C=O) groups excluding carboxylic acids is 1. The molecule has 1 atom stereocenters. The van der Waals surface area contributed by atoms with E-state index in [1.165, 1.54) is 0 Å². The van der Waals surface area contributed by atoms with E-state index in [9.17, 15) is 9.90 Å². The maximum atomic E-state index is 12.3. The number of amides is 1. The minimum Gasteiger partial charge on any atom is -0.380 e. The minimum absolute atomic E-state index is 0.130. The van der Waals surface area contributed by atoms with Gasteiger partial charge in [0, 0.05) is 12.4 Å². The predicted molar refractivity (Wildman–Crippen MR) is 89.6 cm³/mol. The molecule has 0 aliphatic heterocycles. The lowest BCUT2D eigenvalue weighted by molar-refractivity contribution is -0.139. The van der Waals surface area contributed by atoms with Gasteiger partial charge >= 0.3 is 0 Å². The van der Waals surface area contributed by atoms with Crippen molar-refractivity contribution in [1.82, 2.24) is 10.3 Å². The highest BCUT2D eigenvalue weighted by Crippen LogP contribution is 2.30. The second-order valence-corrected chi connectivity index (χ2v) is 6.30. The number of aliphatic hydroxyl groups is 1. The highest BCUT2D eigenvalue weighted by molar-refractivity contribution is 5.85. The van der Waals surface area contributed by atoms with Crippen LogP contribution in [-0.4, -0.2) is 21.6 Å². The second kappa shape index (κ2) is 6.50. The van der Waals surface area contributed by atoms with E-state index in [1.54, 1.807) is 6.20 Å². The van der Waals surface area contributed by atoms with Gasteiger partial charge in [0.2, 0.25) is 0 Å². The van der Waals surface area contributed by atoms with Crippen LogP contribution in [-0.2, 0) is 4.79 Å². The van der Waals surface area contributed by atoms with E-state index < -0.39 is 5.60 Å². The van der Waals surface area contributed by atoms with Crippen LogP contribution in [0.15, 0.2) is 48.8 Å². The Bertz CT molecular complexity index is 662. The quantitative estimate of drug-likeness (QED) is 0.911. The van der Waals surface area contributed by atoms with Crippen molar-refractivity contribution in [2.24, 2.45) is 0 Å². The van der Waals surface area contributed by atoms with Gasteiger partial charge in [-0.25, -0.2) is 0 Å². The fraction of sp³-hybridized carbons (Fsp3) is 0.368. The van der Waals surface area contributed by atoms with Gasteiger partial charge in [-0.1, -0.05) is 30.3 Å². The average Bonchev–Trinajstić information content (AvgIpc) is 3.04. The van der Waals surface area contributed by atoms with Gasteiger partial charge in [0.15, 0.2) is 0 Å². The van der Waals surface area contributed by atoms with Crippen LogP contribution in [0.4, 0.5) is 0 Å². The Hall–Kier alpha value is -2.20. The number of carbonyl (C=O) groups is 1. The topological polar surface area (TPSA) is 62.2 Å². The molecule has 23 heavy (non-hydrogen) atoms. The number of rotatable bonds is 4. The molecular formula is C19H22N2O2. The largest absolute Gasteiger partial charge is 0.380 e. The highest BCUT2D eigenvalue weighted by Gasteiger charge is 2.39. The van der Waals surface area contributed by atoms with E-state index in [-0.39, 0.29) is 11.9 Å². The summed E-state index contributed by atoms with van der Waals surface area (Å²) in [5, 5.41) is 13.3. The smallest absolute Gasteiger partial charge is 0.252 e. The number of nitrogens with zero attached hydrogens (tertiary/aromatic N) is 1. The van der Waals surface area contributed by atoms with Crippen LogP contribution in [0.25, 0.3) is 11.1 Å². The third-order valence-electron chi connectivity index (χ3n) is 4.61. The lowest BCUT2D eigenvalue weighted by Crippen LogP contribution is -2.45. The Morgan fingerprint density at radius 1 is 1.17 bits per heavy atom. The molecule has 4 nitrogen and oxygen atoms in total. The summed E-state index contributed by atoms with van der Waals surface area (Å²) in [5.74, 6) is -0.251. The summed E-state index contributed by atoms with van der Waals surface area (Å²) < 4.78 is 0. The second-order valence-electron chi connectivity index (χ2n) is 6.30. The molecule has 2 N–H and O–H groups in total. The standard InChI is InChI=1S/C19H22N2O2/c1-14(21-18(22)19(23)10-2-3-11-19)15-6-8-16(9-7-15)17-5-4-12-20-13-17/h4-9,12-14,23H,2-3,10-11H2,1H3,(H,21,22). The molecular weight excluding hydrogens is 288 g/mol. The molecule has 1 heterocycles. The monoisotopic (exact) mass is 310 g/mol. The third kappa shape index (κ3) is 3.42. The first-order valence-electron chi connectivity index (χ1n) is 8.12. The molecule has 1 saturated carbocycles. The van der Waals surface area contributed by atoms with Crippen LogP contribution in [0.1, 0.15) is 44.2 Å². The number of aromatic nitrogens is 1. The van der Waals surface area contributed by atoms with E-state index in [0.29, 0.717) is 12.8 Å². The van der Waals surface area contributed by atoms with Crippen molar-refractivity contribution < 1.29 is 9.90 Å². The summed E-state index contributed by atoms with van der Waals surface area (Å²) >= 11 is 0. The number of hydrogen-bond donors (Lipinski definition) is 2. The van der Waals surface area contributed by atoms with Gasteiger partial charge < -0.3 is 10.4 Å². The summed E-state index contributed by atoms with van der Waals surface area (Å²) in [6.45, 7) is 1.94. The van der Waals surface area contributed by atoms with E-state index in [0.717, 1.165) is 29.5 Å². The SMILES string of the molecule is CC(NC(=O)C1(O)CCCC1)c1ccc(-c2cccnc2)cc1. The molecule has 3 rings (SSSR count).